The van der Waals surface area contributed by atoms with Gasteiger partial charge >= 0.3 is 0 Å². The minimum absolute atomic E-state index is 0.106. The summed E-state index contributed by atoms with van der Waals surface area (Å²) in [5, 5.41) is 2.20. The second-order valence-corrected chi connectivity index (χ2v) is 7.44. The SMILES string of the molecule is NNC(c1ccc(Br)c(Cl)c1F)C1CCCc2sccc21. The Kier molecular flexibility index (Phi) is 4.66. The summed E-state index contributed by atoms with van der Waals surface area (Å²) in [6, 6.07) is 5.37. The molecule has 2 atom stereocenters. The third-order valence-electron chi connectivity index (χ3n) is 4.08. The highest BCUT2D eigenvalue weighted by Gasteiger charge is 2.31. The molecular formula is C15H15BrClFN2S. The molecule has 0 saturated carbocycles. The monoisotopic (exact) mass is 388 g/mol. The van der Waals surface area contributed by atoms with E-state index in [0.29, 0.717) is 10.0 Å². The Morgan fingerprint density at radius 3 is 3.00 bits per heavy atom. The van der Waals surface area contributed by atoms with Gasteiger partial charge in [0.05, 0.1) is 11.1 Å². The van der Waals surface area contributed by atoms with Crippen LogP contribution in [0, 0.1) is 5.82 Å². The van der Waals surface area contributed by atoms with Crippen molar-refractivity contribution in [2.75, 3.05) is 0 Å². The Bertz CT molecular complexity index is 661. The summed E-state index contributed by atoms with van der Waals surface area (Å²) in [7, 11) is 0. The molecule has 21 heavy (non-hydrogen) atoms. The van der Waals surface area contributed by atoms with Gasteiger partial charge in [-0.3, -0.25) is 11.3 Å². The summed E-state index contributed by atoms with van der Waals surface area (Å²) in [5.74, 6) is 5.52. The van der Waals surface area contributed by atoms with Crippen LogP contribution in [0.4, 0.5) is 4.39 Å². The molecule has 6 heteroatoms. The number of halogens is 3. The lowest BCUT2D eigenvalue weighted by Crippen LogP contribution is -2.34. The third-order valence-corrected chi connectivity index (χ3v) is 6.34. The first kappa shape index (κ1) is 15.4. The summed E-state index contributed by atoms with van der Waals surface area (Å²) in [4.78, 5) is 1.38. The average Bonchev–Trinajstić information content (AvgIpc) is 2.97. The molecule has 0 spiro atoms. The van der Waals surface area contributed by atoms with E-state index in [4.69, 9.17) is 17.4 Å². The van der Waals surface area contributed by atoms with Gasteiger partial charge in [0.25, 0.3) is 0 Å². The Labute approximate surface area is 140 Å². The molecular weight excluding hydrogens is 375 g/mol. The Hall–Kier alpha value is -0.460. The number of hydrazine groups is 1. The molecule has 3 rings (SSSR count). The van der Waals surface area contributed by atoms with Gasteiger partial charge in [-0.2, -0.15) is 0 Å². The maximum Gasteiger partial charge on any atom is 0.147 e. The van der Waals surface area contributed by atoms with E-state index in [0.717, 1.165) is 19.3 Å². The van der Waals surface area contributed by atoms with Crippen LogP contribution in [-0.4, -0.2) is 0 Å². The predicted octanol–water partition coefficient (Wildman–Crippen LogP) is 4.93. The molecule has 0 aliphatic heterocycles. The summed E-state index contributed by atoms with van der Waals surface area (Å²) in [5.41, 5.74) is 4.60. The molecule has 2 nitrogen and oxygen atoms in total. The van der Waals surface area contributed by atoms with E-state index in [1.165, 1.54) is 10.4 Å². The minimum Gasteiger partial charge on any atom is -0.271 e. The quantitative estimate of drug-likeness (QED) is 0.444. The number of fused-ring (bicyclic) bond motifs is 1. The molecule has 2 unspecified atom stereocenters. The van der Waals surface area contributed by atoms with Crippen molar-refractivity contribution in [2.24, 2.45) is 5.84 Å². The zero-order chi connectivity index (χ0) is 15.0. The number of hydrogen-bond donors (Lipinski definition) is 2. The molecule has 1 aliphatic rings. The molecule has 1 aromatic heterocycles. The van der Waals surface area contributed by atoms with Crippen LogP contribution in [0.1, 0.15) is 40.8 Å². The van der Waals surface area contributed by atoms with E-state index >= 15 is 0 Å². The number of aryl methyl sites for hydroxylation is 1. The Balaban J connectivity index is 2.03. The van der Waals surface area contributed by atoms with Gasteiger partial charge in [-0.1, -0.05) is 17.7 Å². The van der Waals surface area contributed by atoms with E-state index in [9.17, 15) is 4.39 Å². The van der Waals surface area contributed by atoms with Crippen LogP contribution in [0.3, 0.4) is 0 Å². The first-order valence-electron chi connectivity index (χ1n) is 6.79. The normalized spacial score (nSPS) is 19.3. The molecule has 0 fully saturated rings. The van der Waals surface area contributed by atoms with Crippen molar-refractivity contribution in [3.8, 4) is 0 Å². The lowest BCUT2D eigenvalue weighted by molar-refractivity contribution is 0.398. The number of thiophene rings is 1. The largest absolute Gasteiger partial charge is 0.271 e. The first-order valence-corrected chi connectivity index (χ1v) is 8.84. The summed E-state index contributed by atoms with van der Waals surface area (Å²) < 4.78 is 15.1. The van der Waals surface area contributed by atoms with Gasteiger partial charge in [0.2, 0.25) is 0 Å². The first-order chi connectivity index (χ1) is 10.1. The fourth-order valence-corrected chi connectivity index (χ4v) is 4.55. The van der Waals surface area contributed by atoms with Crippen molar-refractivity contribution in [3.63, 3.8) is 0 Å². The standard InChI is InChI=1S/C15H15BrClFN2S/c16-11-5-4-10(14(18)13(11)17)15(20-19)9-2-1-3-12-8(9)6-7-21-12/h4-7,9,15,20H,1-3,19H2. The van der Waals surface area contributed by atoms with E-state index in [1.807, 2.05) is 0 Å². The molecule has 0 bridgehead atoms. The second kappa shape index (κ2) is 6.34. The van der Waals surface area contributed by atoms with Gasteiger partial charge in [0, 0.05) is 20.8 Å². The van der Waals surface area contributed by atoms with Gasteiger partial charge in [0.15, 0.2) is 0 Å². The number of nitrogens with two attached hydrogens (primary N) is 1. The third kappa shape index (κ3) is 2.78. The van der Waals surface area contributed by atoms with Crippen molar-refractivity contribution in [1.29, 1.82) is 0 Å². The maximum atomic E-state index is 14.5. The molecule has 112 valence electrons. The molecule has 2 aromatic rings. The van der Waals surface area contributed by atoms with E-state index in [1.54, 1.807) is 23.5 Å². The van der Waals surface area contributed by atoms with Crippen LogP contribution < -0.4 is 11.3 Å². The molecule has 1 heterocycles. The van der Waals surface area contributed by atoms with E-state index in [-0.39, 0.29) is 17.0 Å². The maximum absolute atomic E-state index is 14.5. The zero-order valence-corrected chi connectivity index (χ0v) is 14.4. The number of rotatable bonds is 3. The van der Waals surface area contributed by atoms with Crippen LogP contribution in [-0.2, 0) is 6.42 Å². The Morgan fingerprint density at radius 2 is 2.24 bits per heavy atom. The van der Waals surface area contributed by atoms with Crippen LogP contribution in [0.2, 0.25) is 5.02 Å². The van der Waals surface area contributed by atoms with E-state index in [2.05, 4.69) is 32.8 Å². The Morgan fingerprint density at radius 1 is 1.43 bits per heavy atom. The lowest BCUT2D eigenvalue weighted by Gasteiger charge is -2.31. The lowest BCUT2D eigenvalue weighted by atomic mass is 9.80. The van der Waals surface area contributed by atoms with E-state index < -0.39 is 5.82 Å². The summed E-state index contributed by atoms with van der Waals surface area (Å²) in [6.07, 6.45) is 3.19. The second-order valence-electron chi connectivity index (χ2n) is 5.21. The van der Waals surface area contributed by atoms with Gasteiger partial charge < -0.3 is 0 Å². The number of nitrogens with one attached hydrogen (secondary N) is 1. The highest BCUT2D eigenvalue weighted by molar-refractivity contribution is 9.10. The molecule has 0 saturated heterocycles. The number of hydrogen-bond acceptors (Lipinski definition) is 3. The van der Waals surface area contributed by atoms with Crippen LogP contribution in [0.25, 0.3) is 0 Å². The highest BCUT2D eigenvalue weighted by atomic mass is 79.9. The number of benzene rings is 1. The fraction of sp³-hybridized carbons (Fsp3) is 0.333. The van der Waals surface area contributed by atoms with Gasteiger partial charge in [-0.15, -0.1) is 11.3 Å². The van der Waals surface area contributed by atoms with Crippen molar-refractivity contribution in [1.82, 2.24) is 5.43 Å². The smallest absolute Gasteiger partial charge is 0.147 e. The molecule has 1 aliphatic carbocycles. The predicted molar refractivity (Wildman–Crippen MR) is 89.2 cm³/mol. The molecule has 3 N–H and O–H groups in total. The zero-order valence-electron chi connectivity index (χ0n) is 11.2. The van der Waals surface area contributed by atoms with Gasteiger partial charge in [0.1, 0.15) is 5.82 Å². The summed E-state index contributed by atoms with van der Waals surface area (Å²) >= 11 is 11.0. The van der Waals surface area contributed by atoms with Crippen molar-refractivity contribution >= 4 is 38.9 Å². The van der Waals surface area contributed by atoms with Crippen molar-refractivity contribution < 1.29 is 4.39 Å². The van der Waals surface area contributed by atoms with Crippen molar-refractivity contribution in [2.45, 2.75) is 31.2 Å². The van der Waals surface area contributed by atoms with Gasteiger partial charge in [-0.05, 0) is 58.3 Å². The minimum atomic E-state index is -0.406. The van der Waals surface area contributed by atoms with Crippen LogP contribution in [0.15, 0.2) is 28.1 Å². The fourth-order valence-electron chi connectivity index (χ4n) is 3.07. The average molecular weight is 390 g/mol. The van der Waals surface area contributed by atoms with Crippen LogP contribution in [0.5, 0.6) is 0 Å². The van der Waals surface area contributed by atoms with Crippen molar-refractivity contribution in [3.05, 3.63) is 54.9 Å². The summed E-state index contributed by atoms with van der Waals surface area (Å²) in [6.45, 7) is 0. The molecule has 0 radical (unpaired) electrons. The molecule has 0 amide bonds. The van der Waals surface area contributed by atoms with Crippen LogP contribution >= 0.6 is 38.9 Å². The topological polar surface area (TPSA) is 38.0 Å². The van der Waals surface area contributed by atoms with Gasteiger partial charge in [-0.25, -0.2) is 4.39 Å². The highest BCUT2D eigenvalue weighted by Crippen LogP contribution is 2.43. The molecule has 1 aromatic carbocycles.